The molecule has 0 radical (unpaired) electrons. The van der Waals surface area contributed by atoms with Crippen molar-refractivity contribution >= 4 is 60.1 Å². The zero-order valence-corrected chi connectivity index (χ0v) is 18.1. The average molecular weight is 473 g/mol. The lowest BCUT2D eigenvalue weighted by molar-refractivity contribution is 0.0985. The highest BCUT2D eigenvalue weighted by atomic mass is 79.9. The lowest BCUT2D eigenvalue weighted by Crippen LogP contribution is -2.30. The third-order valence-corrected chi connectivity index (χ3v) is 6.04. The van der Waals surface area contributed by atoms with Crippen molar-refractivity contribution in [1.82, 2.24) is 9.97 Å². The minimum atomic E-state index is -0.112. The molecule has 1 amide bonds. The normalized spacial score (nSPS) is 11.0. The lowest BCUT2D eigenvalue weighted by Gasteiger charge is -2.20. The molecule has 4 aromatic rings. The van der Waals surface area contributed by atoms with E-state index in [1.807, 2.05) is 43.3 Å². The molecule has 2 heterocycles. The van der Waals surface area contributed by atoms with E-state index in [0.717, 1.165) is 25.8 Å². The molecule has 0 N–H and O–H groups in total. The largest absolute Gasteiger partial charge is 0.279 e. The maximum Gasteiger partial charge on any atom is 0.260 e. The molecule has 0 bridgehead atoms. The van der Waals surface area contributed by atoms with E-state index in [-0.39, 0.29) is 5.91 Å². The molecular weight excluding hydrogens is 458 g/mol. The quantitative estimate of drug-likeness (QED) is 0.352. The second-order valence-electron chi connectivity index (χ2n) is 6.33. The number of anilines is 1. The molecule has 2 aromatic heterocycles. The molecule has 7 heteroatoms. The standard InChI is InChI=1S/C21H15BrClN3OS/c1-13-9-17(23)10-18-19(13)25-21(28-18)26(12-14-3-2-8-24-11-14)20(27)15-4-6-16(22)7-5-15/h2-11H,12H2,1H3. The van der Waals surface area contributed by atoms with Crippen LogP contribution in [0.25, 0.3) is 10.2 Å². The number of fused-ring (bicyclic) bond motifs is 1. The highest BCUT2D eigenvalue weighted by Gasteiger charge is 2.22. The number of hydrogen-bond acceptors (Lipinski definition) is 4. The molecule has 0 fully saturated rings. The fourth-order valence-corrected chi connectivity index (χ4v) is 4.59. The fourth-order valence-electron chi connectivity index (χ4n) is 2.91. The molecule has 4 rings (SSSR count). The van der Waals surface area contributed by atoms with Gasteiger partial charge in [0.1, 0.15) is 0 Å². The van der Waals surface area contributed by atoms with Crippen LogP contribution in [0.5, 0.6) is 0 Å². The van der Waals surface area contributed by atoms with Crippen molar-refractivity contribution in [1.29, 1.82) is 0 Å². The van der Waals surface area contributed by atoms with E-state index in [9.17, 15) is 4.79 Å². The van der Waals surface area contributed by atoms with Crippen molar-refractivity contribution in [3.63, 3.8) is 0 Å². The van der Waals surface area contributed by atoms with Gasteiger partial charge in [0.25, 0.3) is 5.91 Å². The molecular formula is C21H15BrClN3OS. The van der Waals surface area contributed by atoms with Gasteiger partial charge in [0.15, 0.2) is 5.13 Å². The molecule has 0 atom stereocenters. The van der Waals surface area contributed by atoms with Gasteiger partial charge in [-0.2, -0.15) is 0 Å². The molecule has 0 saturated heterocycles. The number of amides is 1. The number of carbonyl (C=O) groups is 1. The number of pyridine rings is 1. The molecule has 0 unspecified atom stereocenters. The third kappa shape index (κ3) is 3.94. The van der Waals surface area contributed by atoms with Gasteiger partial charge in [-0.25, -0.2) is 4.98 Å². The Hall–Kier alpha value is -2.28. The molecule has 0 aliphatic heterocycles. The summed E-state index contributed by atoms with van der Waals surface area (Å²) >= 11 is 11.1. The van der Waals surface area contributed by atoms with Crippen LogP contribution in [0.4, 0.5) is 5.13 Å². The van der Waals surface area contributed by atoms with E-state index in [1.165, 1.54) is 11.3 Å². The van der Waals surface area contributed by atoms with Gasteiger partial charge >= 0.3 is 0 Å². The van der Waals surface area contributed by atoms with E-state index in [4.69, 9.17) is 16.6 Å². The van der Waals surface area contributed by atoms with Crippen molar-refractivity contribution in [2.24, 2.45) is 0 Å². The number of aryl methyl sites for hydroxylation is 1. The van der Waals surface area contributed by atoms with Crippen molar-refractivity contribution in [3.05, 3.63) is 87.1 Å². The number of benzene rings is 2. The van der Waals surface area contributed by atoms with E-state index in [2.05, 4.69) is 20.9 Å². The van der Waals surface area contributed by atoms with Crippen molar-refractivity contribution in [2.45, 2.75) is 13.5 Å². The van der Waals surface area contributed by atoms with Crippen LogP contribution in [0.1, 0.15) is 21.5 Å². The summed E-state index contributed by atoms with van der Waals surface area (Å²) in [7, 11) is 0. The number of carbonyl (C=O) groups excluding carboxylic acids is 1. The Bertz CT molecular complexity index is 1150. The molecule has 0 spiro atoms. The number of halogens is 2. The number of nitrogens with zero attached hydrogens (tertiary/aromatic N) is 3. The highest BCUT2D eigenvalue weighted by molar-refractivity contribution is 9.10. The Morgan fingerprint density at radius 3 is 2.71 bits per heavy atom. The van der Waals surface area contributed by atoms with Gasteiger partial charge in [-0.05, 0) is 60.5 Å². The molecule has 28 heavy (non-hydrogen) atoms. The Balaban J connectivity index is 1.79. The second kappa shape index (κ2) is 7.99. The highest BCUT2D eigenvalue weighted by Crippen LogP contribution is 2.34. The summed E-state index contributed by atoms with van der Waals surface area (Å²) in [5.41, 5.74) is 3.38. The first kappa shape index (κ1) is 19.1. The van der Waals surface area contributed by atoms with Crippen molar-refractivity contribution in [3.8, 4) is 0 Å². The molecule has 140 valence electrons. The van der Waals surface area contributed by atoms with Gasteiger partial charge < -0.3 is 0 Å². The summed E-state index contributed by atoms with van der Waals surface area (Å²) in [4.78, 5) is 23.9. The number of thiazole rings is 1. The topological polar surface area (TPSA) is 46.1 Å². The predicted octanol–water partition coefficient (Wildman–Crippen LogP) is 6.26. The van der Waals surface area contributed by atoms with E-state index < -0.39 is 0 Å². The van der Waals surface area contributed by atoms with Gasteiger partial charge in [0.05, 0.1) is 16.8 Å². The maximum atomic E-state index is 13.3. The molecule has 2 aromatic carbocycles. The summed E-state index contributed by atoms with van der Waals surface area (Å²) in [6.45, 7) is 2.36. The predicted molar refractivity (Wildman–Crippen MR) is 118 cm³/mol. The number of hydrogen-bond donors (Lipinski definition) is 0. The van der Waals surface area contributed by atoms with E-state index in [0.29, 0.717) is 22.3 Å². The Morgan fingerprint density at radius 2 is 2.00 bits per heavy atom. The minimum Gasteiger partial charge on any atom is -0.279 e. The number of aromatic nitrogens is 2. The molecule has 0 saturated carbocycles. The van der Waals surface area contributed by atoms with Crippen LogP contribution >= 0.6 is 38.9 Å². The summed E-state index contributed by atoms with van der Waals surface area (Å²) in [6.07, 6.45) is 3.48. The Labute approximate surface area is 179 Å². The summed E-state index contributed by atoms with van der Waals surface area (Å²) in [6, 6.07) is 14.9. The zero-order valence-electron chi connectivity index (χ0n) is 14.9. The lowest BCUT2D eigenvalue weighted by atomic mass is 10.2. The van der Waals surface area contributed by atoms with E-state index in [1.54, 1.807) is 29.4 Å². The Kier molecular flexibility index (Phi) is 5.44. The van der Waals surface area contributed by atoms with Crippen LogP contribution in [-0.4, -0.2) is 15.9 Å². The average Bonchev–Trinajstić information content (AvgIpc) is 3.11. The van der Waals surface area contributed by atoms with Crippen molar-refractivity contribution in [2.75, 3.05) is 4.90 Å². The smallest absolute Gasteiger partial charge is 0.260 e. The van der Waals surface area contributed by atoms with Crippen LogP contribution in [0.2, 0.25) is 5.02 Å². The zero-order chi connectivity index (χ0) is 19.7. The van der Waals surface area contributed by atoms with Gasteiger partial charge in [-0.1, -0.05) is 44.9 Å². The minimum absolute atomic E-state index is 0.112. The van der Waals surface area contributed by atoms with Gasteiger partial charge in [0, 0.05) is 27.5 Å². The Morgan fingerprint density at radius 1 is 1.21 bits per heavy atom. The van der Waals surface area contributed by atoms with Crippen LogP contribution < -0.4 is 4.90 Å². The first-order valence-electron chi connectivity index (χ1n) is 8.54. The summed E-state index contributed by atoms with van der Waals surface area (Å²) in [5.74, 6) is -0.112. The third-order valence-electron chi connectivity index (χ3n) is 4.27. The van der Waals surface area contributed by atoms with Crippen LogP contribution in [0, 0.1) is 6.92 Å². The van der Waals surface area contributed by atoms with Gasteiger partial charge in [0.2, 0.25) is 0 Å². The van der Waals surface area contributed by atoms with Crippen LogP contribution in [0.15, 0.2) is 65.4 Å². The summed E-state index contributed by atoms with van der Waals surface area (Å²) < 4.78 is 1.88. The first-order chi connectivity index (χ1) is 13.5. The summed E-state index contributed by atoms with van der Waals surface area (Å²) in [5, 5.41) is 1.30. The van der Waals surface area contributed by atoms with E-state index >= 15 is 0 Å². The molecule has 0 aliphatic carbocycles. The molecule has 4 nitrogen and oxygen atoms in total. The second-order valence-corrected chi connectivity index (χ2v) is 8.69. The molecule has 0 aliphatic rings. The van der Waals surface area contributed by atoms with Gasteiger partial charge in [-0.3, -0.25) is 14.7 Å². The van der Waals surface area contributed by atoms with Crippen LogP contribution in [0.3, 0.4) is 0 Å². The number of rotatable bonds is 4. The van der Waals surface area contributed by atoms with Crippen LogP contribution in [-0.2, 0) is 6.54 Å². The van der Waals surface area contributed by atoms with Crippen molar-refractivity contribution < 1.29 is 4.79 Å². The SMILES string of the molecule is Cc1cc(Cl)cc2sc(N(Cc3cccnc3)C(=O)c3ccc(Br)cc3)nc12. The maximum absolute atomic E-state index is 13.3. The fraction of sp³-hybridized carbons (Fsp3) is 0.0952. The monoisotopic (exact) mass is 471 g/mol. The first-order valence-corrected chi connectivity index (χ1v) is 10.5. The van der Waals surface area contributed by atoms with Gasteiger partial charge in [-0.15, -0.1) is 0 Å².